The first kappa shape index (κ1) is 28.1. The molecule has 1 heterocycles. The van der Waals surface area contributed by atoms with Gasteiger partial charge in [-0.15, -0.1) is 0 Å². The summed E-state index contributed by atoms with van der Waals surface area (Å²) in [7, 11) is 6.85. The van der Waals surface area contributed by atoms with Crippen LogP contribution in [0.5, 0.6) is 5.75 Å². The summed E-state index contributed by atoms with van der Waals surface area (Å²) in [5.41, 5.74) is 3.81. The van der Waals surface area contributed by atoms with Gasteiger partial charge in [0, 0.05) is 56.5 Å². The van der Waals surface area contributed by atoms with Crippen LogP contribution in [-0.4, -0.2) is 114 Å². The van der Waals surface area contributed by atoms with E-state index in [1.165, 1.54) is 4.90 Å². The van der Waals surface area contributed by atoms with Gasteiger partial charge in [-0.25, -0.2) is 0 Å². The van der Waals surface area contributed by atoms with Gasteiger partial charge in [0.25, 0.3) is 5.91 Å². The number of primary amides is 1. The van der Waals surface area contributed by atoms with Crippen molar-refractivity contribution in [1.29, 1.82) is 0 Å². The number of carbonyl (C=O) groups excluding carboxylic acids is 3. The first-order valence-electron chi connectivity index (χ1n) is 13.3. The second-order valence-corrected chi connectivity index (χ2v) is 11.5. The Morgan fingerprint density at radius 3 is 2.38 bits per heavy atom. The molecule has 2 fully saturated rings. The number of aliphatic hydroxyl groups is 3. The Bertz CT molecular complexity index is 1360. The number of anilines is 1. The van der Waals surface area contributed by atoms with Crippen molar-refractivity contribution in [3.8, 4) is 5.75 Å². The molecule has 12 heteroatoms. The fraction of sp³-hybridized carbons (Fsp3) is 0.536. The maximum Gasteiger partial charge on any atom is 0.255 e. The van der Waals surface area contributed by atoms with E-state index in [9.17, 15) is 34.8 Å². The highest BCUT2D eigenvalue weighted by molar-refractivity contribution is 6.24. The summed E-state index contributed by atoms with van der Waals surface area (Å²) < 4.78 is 5.42. The van der Waals surface area contributed by atoms with Gasteiger partial charge in [-0.05, 0) is 44.5 Å². The molecule has 6 N–H and O–H groups in total. The van der Waals surface area contributed by atoms with E-state index < -0.39 is 58.0 Å². The Hall–Kier alpha value is -3.45. The van der Waals surface area contributed by atoms with Crippen molar-refractivity contribution in [1.82, 2.24) is 9.80 Å². The number of ether oxygens (including phenoxy) is 1. The highest BCUT2D eigenvalue weighted by Crippen LogP contribution is 2.54. The molecule has 40 heavy (non-hydrogen) atoms. The number of carbonyl (C=O) groups is 3. The number of fused-ring (bicyclic) bond motifs is 3. The molecule has 4 unspecified atom stereocenters. The van der Waals surface area contributed by atoms with Gasteiger partial charge in [0.05, 0.1) is 24.8 Å². The molecule has 216 valence electrons. The Morgan fingerprint density at radius 1 is 1.15 bits per heavy atom. The van der Waals surface area contributed by atoms with Gasteiger partial charge in [0.1, 0.15) is 22.8 Å². The van der Waals surface area contributed by atoms with Gasteiger partial charge in [0.15, 0.2) is 11.4 Å². The van der Waals surface area contributed by atoms with E-state index in [2.05, 4.69) is 4.90 Å². The quantitative estimate of drug-likeness (QED) is 0.305. The SMILES string of the molecule is CN(C)c1cc(CN2CCOCC2)c(O)c2c1CC1CC3C(N(C)C)C(=O)C(C(N)=O)=C(O)C3(O)C(=O)C1=C2O. The largest absolute Gasteiger partial charge is 0.508 e. The number of hydrogen-bond acceptors (Lipinski definition) is 11. The van der Waals surface area contributed by atoms with Crippen molar-refractivity contribution in [3.05, 3.63) is 39.7 Å². The third kappa shape index (κ3) is 4.00. The molecule has 1 amide bonds. The number of phenols is 1. The zero-order chi connectivity index (χ0) is 29.3. The lowest BCUT2D eigenvalue weighted by molar-refractivity contribution is -0.153. The zero-order valence-corrected chi connectivity index (χ0v) is 23.1. The normalized spacial score (nSPS) is 28.9. The van der Waals surface area contributed by atoms with Crippen LogP contribution in [0.25, 0.3) is 5.76 Å². The first-order valence-corrected chi connectivity index (χ1v) is 13.3. The van der Waals surface area contributed by atoms with Crippen LogP contribution in [0.3, 0.4) is 0 Å². The van der Waals surface area contributed by atoms with Crippen LogP contribution < -0.4 is 10.6 Å². The number of morpholine rings is 1. The number of rotatable bonds is 5. The lowest BCUT2D eigenvalue weighted by atomic mass is 9.57. The van der Waals surface area contributed by atoms with Crippen molar-refractivity contribution in [2.24, 2.45) is 17.6 Å². The van der Waals surface area contributed by atoms with E-state index in [1.54, 1.807) is 14.1 Å². The monoisotopic (exact) mass is 556 g/mol. The van der Waals surface area contributed by atoms with E-state index >= 15 is 0 Å². The zero-order valence-electron chi connectivity index (χ0n) is 23.1. The fourth-order valence-corrected chi connectivity index (χ4v) is 6.87. The highest BCUT2D eigenvalue weighted by Gasteiger charge is 2.64. The average molecular weight is 557 g/mol. The predicted octanol–water partition coefficient (Wildman–Crippen LogP) is -0.138. The van der Waals surface area contributed by atoms with Crippen LogP contribution in [0.15, 0.2) is 23.0 Å². The first-order chi connectivity index (χ1) is 18.8. The minimum absolute atomic E-state index is 0.0505. The summed E-state index contributed by atoms with van der Waals surface area (Å²) in [4.78, 5) is 44.9. The summed E-state index contributed by atoms with van der Waals surface area (Å²) in [5, 5.41) is 45.8. The van der Waals surface area contributed by atoms with Gasteiger partial charge in [0.2, 0.25) is 5.78 Å². The van der Waals surface area contributed by atoms with Crippen molar-refractivity contribution >= 4 is 28.9 Å². The topological polar surface area (TPSA) is 177 Å². The summed E-state index contributed by atoms with van der Waals surface area (Å²) >= 11 is 0. The van der Waals surface area contributed by atoms with E-state index in [0.29, 0.717) is 44.0 Å². The maximum absolute atomic E-state index is 14.1. The third-order valence-electron chi connectivity index (χ3n) is 8.76. The number of amides is 1. The molecule has 4 atom stereocenters. The highest BCUT2D eigenvalue weighted by atomic mass is 16.5. The minimum atomic E-state index is -2.66. The van der Waals surface area contributed by atoms with Crippen LogP contribution in [0.4, 0.5) is 5.69 Å². The fourth-order valence-electron chi connectivity index (χ4n) is 6.87. The molecule has 1 aliphatic heterocycles. The van der Waals surface area contributed by atoms with Crippen LogP contribution in [-0.2, 0) is 32.1 Å². The van der Waals surface area contributed by atoms with E-state index in [-0.39, 0.29) is 29.7 Å². The van der Waals surface area contributed by atoms with Crippen molar-refractivity contribution in [2.45, 2.75) is 31.0 Å². The molecule has 0 aromatic heterocycles. The Balaban J connectivity index is 1.69. The minimum Gasteiger partial charge on any atom is -0.508 e. The molecule has 0 radical (unpaired) electrons. The number of phenolic OH excluding ortho intramolecular Hbond substituents is 1. The third-order valence-corrected chi connectivity index (χ3v) is 8.76. The Labute approximate surface area is 231 Å². The molecule has 3 aliphatic carbocycles. The van der Waals surface area contributed by atoms with Crippen LogP contribution >= 0.6 is 0 Å². The number of ketones is 2. The molecular weight excluding hydrogens is 520 g/mol. The van der Waals surface area contributed by atoms with Gasteiger partial charge in [-0.3, -0.25) is 24.2 Å². The Kier molecular flexibility index (Phi) is 6.94. The van der Waals surface area contributed by atoms with Gasteiger partial charge >= 0.3 is 0 Å². The number of aromatic hydroxyl groups is 1. The van der Waals surface area contributed by atoms with E-state index in [1.807, 2.05) is 25.1 Å². The number of aliphatic hydroxyl groups excluding tert-OH is 2. The van der Waals surface area contributed by atoms with Gasteiger partial charge in [-0.1, -0.05) is 0 Å². The van der Waals surface area contributed by atoms with Gasteiger partial charge < -0.3 is 35.8 Å². The van der Waals surface area contributed by atoms with Crippen LogP contribution in [0, 0.1) is 11.8 Å². The molecule has 1 aromatic rings. The molecule has 1 saturated carbocycles. The average Bonchev–Trinajstić information content (AvgIpc) is 2.87. The molecule has 1 aromatic carbocycles. The van der Waals surface area contributed by atoms with Crippen molar-refractivity contribution in [2.75, 3.05) is 59.4 Å². The lowest BCUT2D eigenvalue weighted by Gasteiger charge is -2.50. The lowest BCUT2D eigenvalue weighted by Crippen LogP contribution is -2.65. The number of Topliss-reactive ketones (excluding diaryl/α,β-unsaturated/α-hetero) is 2. The van der Waals surface area contributed by atoms with Crippen molar-refractivity contribution in [3.63, 3.8) is 0 Å². The van der Waals surface area contributed by atoms with E-state index in [4.69, 9.17) is 10.5 Å². The number of hydrogen-bond donors (Lipinski definition) is 5. The smallest absolute Gasteiger partial charge is 0.255 e. The second-order valence-electron chi connectivity index (χ2n) is 11.5. The Morgan fingerprint density at radius 2 is 1.80 bits per heavy atom. The number of benzene rings is 1. The summed E-state index contributed by atoms with van der Waals surface area (Å²) in [6, 6.07) is 0.763. The van der Waals surface area contributed by atoms with Crippen molar-refractivity contribution < 1.29 is 39.5 Å². The molecule has 0 spiro atoms. The molecule has 12 nitrogen and oxygen atoms in total. The molecule has 4 aliphatic rings. The predicted molar refractivity (Wildman–Crippen MR) is 145 cm³/mol. The van der Waals surface area contributed by atoms with Crippen LogP contribution in [0.1, 0.15) is 23.1 Å². The molecule has 5 rings (SSSR count). The van der Waals surface area contributed by atoms with Gasteiger partial charge in [-0.2, -0.15) is 0 Å². The molecule has 1 saturated heterocycles. The summed E-state index contributed by atoms with van der Waals surface area (Å²) in [6.45, 7) is 2.88. The number of likely N-dealkylation sites (N-methyl/N-ethyl adjacent to an activating group) is 1. The van der Waals surface area contributed by atoms with Crippen LogP contribution in [0.2, 0.25) is 0 Å². The summed E-state index contributed by atoms with van der Waals surface area (Å²) in [6.07, 6.45) is 0.294. The molecular formula is C28H36N4O8. The standard InChI is InChI=1S/C28H36N4O8/c1-30(2)17-11-14(12-32-5-7-40-8-6-32)22(33)19-15(17)9-13-10-16-21(31(3)4)24(35)20(27(29)38)26(37)28(16,39)25(36)18(13)23(19)34/h11,13,16,21,33-34,37,39H,5-10,12H2,1-4H3,(H2,29,38). The molecule has 0 bridgehead atoms. The summed E-state index contributed by atoms with van der Waals surface area (Å²) in [5.74, 6) is -6.52. The number of nitrogens with two attached hydrogens (primary N) is 1. The second kappa shape index (κ2) is 9.88. The maximum atomic E-state index is 14.1. The number of nitrogens with zero attached hydrogens (tertiary/aromatic N) is 3. The van der Waals surface area contributed by atoms with E-state index in [0.717, 1.165) is 5.69 Å².